The highest BCUT2D eigenvalue weighted by molar-refractivity contribution is 7.80. The lowest BCUT2D eigenvalue weighted by Gasteiger charge is -2.22. The fourth-order valence-electron chi connectivity index (χ4n) is 2.44. The molecule has 1 aromatic heterocycles. The van der Waals surface area contributed by atoms with Crippen molar-refractivity contribution in [2.45, 2.75) is 19.4 Å². The first-order valence-corrected chi connectivity index (χ1v) is 8.16. The molecule has 2 heterocycles. The van der Waals surface area contributed by atoms with Gasteiger partial charge in [-0.2, -0.15) is 5.10 Å². The number of thiophene rings is 1. The molecule has 0 bridgehead atoms. The highest BCUT2D eigenvalue weighted by atomic mass is 32.1. The molecule has 1 aliphatic rings. The van der Waals surface area contributed by atoms with E-state index in [1.165, 1.54) is 16.0 Å². The Balaban J connectivity index is 1.93. The molecule has 0 radical (unpaired) electrons. The molecular weight excluding hydrogens is 298 g/mol. The van der Waals surface area contributed by atoms with E-state index in [9.17, 15) is 0 Å². The molecule has 0 saturated heterocycles. The molecule has 1 aromatic carbocycles. The molecule has 1 unspecified atom stereocenters. The zero-order valence-electron chi connectivity index (χ0n) is 12.0. The minimum atomic E-state index is 0.196. The van der Waals surface area contributed by atoms with Crippen LogP contribution in [0.1, 0.15) is 28.5 Å². The normalized spacial score (nSPS) is 17.7. The minimum Gasteiger partial charge on any atom is -0.364 e. The van der Waals surface area contributed by atoms with Crippen LogP contribution in [-0.4, -0.2) is 22.9 Å². The quantitative estimate of drug-likeness (QED) is 0.856. The van der Waals surface area contributed by atoms with E-state index in [-0.39, 0.29) is 6.04 Å². The van der Waals surface area contributed by atoms with Crippen LogP contribution >= 0.6 is 23.6 Å². The SMILES string of the molecule is CNC(=S)N1N=C(c2ccc(C)cc2)CC1c1cccs1. The number of aryl methyl sites for hydroxylation is 1. The molecule has 1 N–H and O–H groups in total. The van der Waals surface area contributed by atoms with Gasteiger partial charge in [-0.25, -0.2) is 5.01 Å². The summed E-state index contributed by atoms with van der Waals surface area (Å²) in [5, 5.41) is 12.5. The van der Waals surface area contributed by atoms with Crippen molar-refractivity contribution < 1.29 is 0 Å². The number of nitrogens with one attached hydrogen (secondary N) is 1. The summed E-state index contributed by atoms with van der Waals surface area (Å²) >= 11 is 7.15. The van der Waals surface area contributed by atoms with Gasteiger partial charge in [0.25, 0.3) is 0 Å². The van der Waals surface area contributed by atoms with Crippen LogP contribution in [0, 0.1) is 6.92 Å². The number of benzene rings is 1. The Kier molecular flexibility index (Phi) is 4.03. The highest BCUT2D eigenvalue weighted by Crippen LogP contribution is 2.35. The zero-order valence-corrected chi connectivity index (χ0v) is 13.7. The summed E-state index contributed by atoms with van der Waals surface area (Å²) in [5.41, 5.74) is 3.52. The predicted molar refractivity (Wildman–Crippen MR) is 92.9 cm³/mol. The van der Waals surface area contributed by atoms with Gasteiger partial charge >= 0.3 is 0 Å². The monoisotopic (exact) mass is 315 g/mol. The number of nitrogens with zero attached hydrogens (tertiary/aromatic N) is 2. The smallest absolute Gasteiger partial charge is 0.190 e. The fraction of sp³-hybridized carbons (Fsp3) is 0.250. The Bertz CT molecular complexity index is 659. The van der Waals surface area contributed by atoms with E-state index >= 15 is 0 Å². The molecule has 0 spiro atoms. The largest absolute Gasteiger partial charge is 0.364 e. The molecule has 0 aliphatic carbocycles. The molecule has 108 valence electrons. The third-order valence-electron chi connectivity index (χ3n) is 3.59. The van der Waals surface area contributed by atoms with E-state index in [0.29, 0.717) is 5.11 Å². The number of thiocarbonyl (C=S) groups is 1. The van der Waals surface area contributed by atoms with Crippen molar-refractivity contribution in [3.8, 4) is 0 Å². The van der Waals surface area contributed by atoms with Gasteiger partial charge in [0.1, 0.15) is 0 Å². The molecule has 1 aliphatic heterocycles. The van der Waals surface area contributed by atoms with Crippen molar-refractivity contribution >= 4 is 34.4 Å². The number of hydrogen-bond donors (Lipinski definition) is 1. The predicted octanol–water partition coefficient (Wildman–Crippen LogP) is 3.71. The van der Waals surface area contributed by atoms with Gasteiger partial charge in [0.2, 0.25) is 0 Å². The summed E-state index contributed by atoms with van der Waals surface area (Å²) in [4.78, 5) is 1.29. The first-order chi connectivity index (χ1) is 10.2. The maximum Gasteiger partial charge on any atom is 0.190 e. The van der Waals surface area contributed by atoms with Gasteiger partial charge in [-0.05, 0) is 36.2 Å². The lowest BCUT2D eigenvalue weighted by molar-refractivity contribution is 0.371. The van der Waals surface area contributed by atoms with Crippen LogP contribution in [0.25, 0.3) is 0 Å². The van der Waals surface area contributed by atoms with Gasteiger partial charge in [0.05, 0.1) is 11.8 Å². The van der Waals surface area contributed by atoms with Crippen molar-refractivity contribution in [1.82, 2.24) is 10.3 Å². The first-order valence-electron chi connectivity index (χ1n) is 6.88. The topological polar surface area (TPSA) is 27.6 Å². The lowest BCUT2D eigenvalue weighted by atomic mass is 10.0. The Morgan fingerprint density at radius 1 is 1.33 bits per heavy atom. The molecule has 3 rings (SSSR count). The second-order valence-corrected chi connectivity index (χ2v) is 6.41. The molecule has 0 amide bonds. The van der Waals surface area contributed by atoms with Gasteiger partial charge in [0, 0.05) is 18.3 Å². The Labute approximate surface area is 134 Å². The van der Waals surface area contributed by atoms with Crippen molar-refractivity contribution in [3.63, 3.8) is 0 Å². The maximum absolute atomic E-state index is 5.40. The average molecular weight is 315 g/mol. The van der Waals surface area contributed by atoms with Crippen LogP contribution in [-0.2, 0) is 0 Å². The summed E-state index contributed by atoms with van der Waals surface area (Å²) < 4.78 is 0. The third-order valence-corrected chi connectivity index (χ3v) is 4.95. The molecule has 0 saturated carbocycles. The van der Waals surface area contributed by atoms with E-state index in [1.807, 2.05) is 12.1 Å². The second kappa shape index (κ2) is 5.95. The van der Waals surface area contributed by atoms with Crippen LogP contribution in [0.4, 0.5) is 0 Å². The zero-order chi connectivity index (χ0) is 14.8. The fourth-order valence-corrected chi connectivity index (χ4v) is 3.41. The molecule has 2 aromatic rings. The first kappa shape index (κ1) is 14.2. The molecule has 21 heavy (non-hydrogen) atoms. The highest BCUT2D eigenvalue weighted by Gasteiger charge is 2.31. The summed E-state index contributed by atoms with van der Waals surface area (Å²) in [5.74, 6) is 0. The Morgan fingerprint density at radius 3 is 2.71 bits per heavy atom. The molecule has 3 nitrogen and oxygen atoms in total. The van der Waals surface area contributed by atoms with E-state index in [0.717, 1.165) is 12.1 Å². The number of hydrazone groups is 1. The number of rotatable bonds is 2. The lowest BCUT2D eigenvalue weighted by Crippen LogP contribution is -2.34. The van der Waals surface area contributed by atoms with Crippen LogP contribution in [0.5, 0.6) is 0 Å². The molecule has 5 heteroatoms. The van der Waals surface area contributed by atoms with Gasteiger partial charge in [-0.3, -0.25) is 0 Å². The van der Waals surface area contributed by atoms with Crippen LogP contribution in [0.3, 0.4) is 0 Å². The molecular formula is C16H17N3S2. The van der Waals surface area contributed by atoms with Crippen LogP contribution < -0.4 is 5.32 Å². The maximum atomic E-state index is 5.40. The number of hydrogen-bond acceptors (Lipinski definition) is 3. The van der Waals surface area contributed by atoms with Crippen LogP contribution in [0.2, 0.25) is 0 Å². The van der Waals surface area contributed by atoms with Gasteiger partial charge in [-0.1, -0.05) is 35.9 Å². The van der Waals surface area contributed by atoms with Gasteiger partial charge in [-0.15, -0.1) is 11.3 Å². The Morgan fingerprint density at radius 2 is 2.10 bits per heavy atom. The standard InChI is InChI=1S/C16H17N3S2/c1-11-5-7-12(8-6-11)13-10-14(15-4-3-9-21-15)19(18-13)16(20)17-2/h3-9,14H,10H2,1-2H3,(H,17,20). The van der Waals surface area contributed by atoms with E-state index in [2.05, 4.69) is 54.0 Å². The van der Waals surface area contributed by atoms with Crippen molar-refractivity contribution in [3.05, 3.63) is 57.8 Å². The summed E-state index contributed by atoms with van der Waals surface area (Å²) in [7, 11) is 1.84. The average Bonchev–Trinajstić information content (AvgIpc) is 3.16. The van der Waals surface area contributed by atoms with Crippen molar-refractivity contribution in [1.29, 1.82) is 0 Å². The van der Waals surface area contributed by atoms with E-state index in [4.69, 9.17) is 17.3 Å². The van der Waals surface area contributed by atoms with Crippen molar-refractivity contribution in [2.75, 3.05) is 7.05 Å². The van der Waals surface area contributed by atoms with Crippen LogP contribution in [0.15, 0.2) is 46.9 Å². The third kappa shape index (κ3) is 2.84. The van der Waals surface area contributed by atoms with E-state index in [1.54, 1.807) is 11.3 Å². The van der Waals surface area contributed by atoms with E-state index < -0.39 is 0 Å². The summed E-state index contributed by atoms with van der Waals surface area (Å²) in [6.45, 7) is 2.09. The minimum absolute atomic E-state index is 0.196. The Hall–Kier alpha value is -1.72. The summed E-state index contributed by atoms with van der Waals surface area (Å²) in [6.07, 6.45) is 0.880. The van der Waals surface area contributed by atoms with Crippen molar-refractivity contribution in [2.24, 2.45) is 5.10 Å². The molecule has 0 fully saturated rings. The summed E-state index contributed by atoms with van der Waals surface area (Å²) in [6, 6.07) is 12.9. The molecule has 1 atom stereocenters. The van der Waals surface area contributed by atoms with Gasteiger partial charge in [0.15, 0.2) is 5.11 Å². The second-order valence-electron chi connectivity index (χ2n) is 5.05. The van der Waals surface area contributed by atoms with Gasteiger partial charge < -0.3 is 5.32 Å².